The van der Waals surface area contributed by atoms with E-state index in [2.05, 4.69) is 54.1 Å². The number of hydrogen-bond acceptors (Lipinski definition) is 3. The maximum atomic E-state index is 12.6. The highest BCUT2D eigenvalue weighted by atomic mass is 16.2. The fourth-order valence-corrected chi connectivity index (χ4v) is 3.61. The predicted molar refractivity (Wildman–Crippen MR) is 115 cm³/mol. The van der Waals surface area contributed by atoms with Crippen molar-refractivity contribution in [3.05, 3.63) is 65.2 Å². The first-order valence-corrected chi connectivity index (χ1v) is 10.6. The largest absolute Gasteiger partial charge is 0.345 e. The molecular weight excluding hydrogens is 362 g/mol. The smallest absolute Gasteiger partial charge is 0.241 e. The summed E-state index contributed by atoms with van der Waals surface area (Å²) in [6.07, 6.45) is 2.76. The van der Waals surface area contributed by atoms with E-state index in [4.69, 9.17) is 0 Å². The molecule has 2 aromatic carbocycles. The molecule has 2 atom stereocenters. The molecule has 4 rings (SSSR count). The Morgan fingerprint density at radius 1 is 0.931 bits per heavy atom. The SMILES string of the molecule is CC(C)c1ccc([C@@H](NC(=O)C2CC2)c2ccccc2NC(=O)[C@H]2CCN2)cc1. The van der Waals surface area contributed by atoms with Gasteiger partial charge in [-0.05, 0) is 48.9 Å². The molecule has 0 bridgehead atoms. The lowest BCUT2D eigenvalue weighted by atomic mass is 9.93. The predicted octanol–water partition coefficient (Wildman–Crippen LogP) is 3.73. The molecule has 1 aliphatic carbocycles. The molecule has 2 amide bonds. The first-order chi connectivity index (χ1) is 14.0. The van der Waals surface area contributed by atoms with Gasteiger partial charge in [0.15, 0.2) is 0 Å². The quantitative estimate of drug-likeness (QED) is 0.674. The number of rotatable bonds is 7. The van der Waals surface area contributed by atoms with E-state index in [-0.39, 0.29) is 29.8 Å². The summed E-state index contributed by atoms with van der Waals surface area (Å²) in [6.45, 7) is 5.21. The van der Waals surface area contributed by atoms with Crippen molar-refractivity contribution in [2.24, 2.45) is 5.92 Å². The van der Waals surface area contributed by atoms with Crippen molar-refractivity contribution in [2.75, 3.05) is 11.9 Å². The third-order valence-electron chi connectivity index (χ3n) is 5.84. The number of nitrogens with one attached hydrogen (secondary N) is 3. The number of para-hydroxylation sites is 1. The number of carbonyl (C=O) groups is 2. The van der Waals surface area contributed by atoms with E-state index in [0.717, 1.165) is 42.6 Å². The van der Waals surface area contributed by atoms with E-state index in [0.29, 0.717) is 5.92 Å². The molecule has 3 N–H and O–H groups in total. The van der Waals surface area contributed by atoms with Gasteiger partial charge in [-0.3, -0.25) is 9.59 Å². The lowest BCUT2D eigenvalue weighted by molar-refractivity contribution is -0.122. The molecule has 29 heavy (non-hydrogen) atoms. The molecule has 2 aromatic rings. The average molecular weight is 392 g/mol. The van der Waals surface area contributed by atoms with Crippen molar-refractivity contribution < 1.29 is 9.59 Å². The molecular formula is C24H29N3O2. The molecule has 5 heteroatoms. The Kier molecular flexibility index (Phi) is 5.67. The lowest BCUT2D eigenvalue weighted by Crippen LogP contribution is -2.51. The monoisotopic (exact) mass is 391 g/mol. The van der Waals surface area contributed by atoms with Gasteiger partial charge in [0.1, 0.15) is 0 Å². The zero-order valence-electron chi connectivity index (χ0n) is 17.1. The molecule has 1 heterocycles. The average Bonchev–Trinajstić information content (AvgIpc) is 3.50. The highest BCUT2D eigenvalue weighted by Crippen LogP contribution is 2.33. The van der Waals surface area contributed by atoms with Crippen LogP contribution >= 0.6 is 0 Å². The van der Waals surface area contributed by atoms with Crippen molar-refractivity contribution >= 4 is 17.5 Å². The third kappa shape index (κ3) is 4.51. The summed E-state index contributed by atoms with van der Waals surface area (Å²) in [5.74, 6) is 0.634. The van der Waals surface area contributed by atoms with Gasteiger partial charge < -0.3 is 16.0 Å². The number of carbonyl (C=O) groups excluding carboxylic acids is 2. The Balaban J connectivity index is 1.65. The van der Waals surface area contributed by atoms with Crippen LogP contribution < -0.4 is 16.0 Å². The molecule has 0 radical (unpaired) electrons. The van der Waals surface area contributed by atoms with Gasteiger partial charge in [0.25, 0.3) is 0 Å². The highest BCUT2D eigenvalue weighted by Gasteiger charge is 2.32. The zero-order valence-corrected chi connectivity index (χ0v) is 17.1. The number of benzene rings is 2. The van der Waals surface area contributed by atoms with Gasteiger partial charge in [0.2, 0.25) is 11.8 Å². The second kappa shape index (κ2) is 8.37. The number of amides is 2. The normalized spacial score (nSPS) is 19.3. The van der Waals surface area contributed by atoms with Crippen molar-refractivity contribution in [1.29, 1.82) is 0 Å². The van der Waals surface area contributed by atoms with Crippen LogP contribution in [0.4, 0.5) is 5.69 Å². The molecule has 0 spiro atoms. The molecule has 1 saturated heterocycles. The maximum absolute atomic E-state index is 12.6. The molecule has 1 saturated carbocycles. The highest BCUT2D eigenvalue weighted by molar-refractivity contribution is 5.96. The maximum Gasteiger partial charge on any atom is 0.241 e. The minimum Gasteiger partial charge on any atom is -0.345 e. The van der Waals surface area contributed by atoms with Crippen LogP contribution in [0.2, 0.25) is 0 Å². The molecule has 1 aliphatic heterocycles. The van der Waals surface area contributed by atoms with E-state index in [1.165, 1.54) is 5.56 Å². The van der Waals surface area contributed by atoms with Gasteiger partial charge in [-0.25, -0.2) is 0 Å². The molecule has 2 fully saturated rings. The first-order valence-electron chi connectivity index (χ1n) is 10.6. The van der Waals surface area contributed by atoms with Crippen LogP contribution in [0.3, 0.4) is 0 Å². The molecule has 0 unspecified atom stereocenters. The summed E-state index contributed by atoms with van der Waals surface area (Å²) < 4.78 is 0. The fourth-order valence-electron chi connectivity index (χ4n) is 3.61. The van der Waals surface area contributed by atoms with Crippen LogP contribution in [-0.2, 0) is 9.59 Å². The van der Waals surface area contributed by atoms with Gasteiger partial charge in [0, 0.05) is 17.2 Å². The van der Waals surface area contributed by atoms with Crippen LogP contribution in [0.25, 0.3) is 0 Å². The minimum atomic E-state index is -0.296. The van der Waals surface area contributed by atoms with Crippen molar-refractivity contribution in [2.45, 2.75) is 51.1 Å². The molecule has 152 valence electrons. The standard InChI is InChI=1S/C24H29N3O2/c1-15(2)16-7-9-17(10-8-16)22(27-23(28)18-11-12-18)19-5-3-4-6-20(19)26-24(29)21-13-14-25-21/h3-10,15,18,21-22,25H,11-14H2,1-2H3,(H,26,29)(H,27,28)/t21-,22-/m1/s1. The molecule has 2 aliphatic rings. The van der Waals surface area contributed by atoms with Crippen LogP contribution in [0.1, 0.15) is 61.8 Å². The Hall–Kier alpha value is -2.66. The lowest BCUT2D eigenvalue weighted by Gasteiger charge is -2.28. The van der Waals surface area contributed by atoms with Crippen molar-refractivity contribution in [3.8, 4) is 0 Å². The van der Waals surface area contributed by atoms with E-state index in [9.17, 15) is 9.59 Å². The Morgan fingerprint density at radius 3 is 2.17 bits per heavy atom. The Morgan fingerprint density at radius 2 is 1.59 bits per heavy atom. The molecule has 0 aromatic heterocycles. The van der Waals surface area contributed by atoms with Gasteiger partial charge in [0.05, 0.1) is 12.1 Å². The topological polar surface area (TPSA) is 70.2 Å². The first kappa shape index (κ1) is 19.6. The second-order valence-corrected chi connectivity index (χ2v) is 8.41. The summed E-state index contributed by atoms with van der Waals surface area (Å²) in [5.41, 5.74) is 3.94. The van der Waals surface area contributed by atoms with Crippen LogP contribution in [-0.4, -0.2) is 24.4 Å². The number of hydrogen-bond donors (Lipinski definition) is 3. The summed E-state index contributed by atoms with van der Waals surface area (Å²) in [6, 6.07) is 15.7. The van der Waals surface area contributed by atoms with Gasteiger partial charge in [-0.2, -0.15) is 0 Å². The molecule has 5 nitrogen and oxygen atoms in total. The van der Waals surface area contributed by atoms with Crippen molar-refractivity contribution in [3.63, 3.8) is 0 Å². The second-order valence-electron chi connectivity index (χ2n) is 8.41. The van der Waals surface area contributed by atoms with Crippen LogP contribution in [0.15, 0.2) is 48.5 Å². The van der Waals surface area contributed by atoms with Crippen molar-refractivity contribution in [1.82, 2.24) is 10.6 Å². The summed E-state index contributed by atoms with van der Waals surface area (Å²) >= 11 is 0. The van der Waals surface area contributed by atoms with Gasteiger partial charge in [-0.1, -0.05) is 56.3 Å². The number of anilines is 1. The Labute approximate surface area is 172 Å². The van der Waals surface area contributed by atoms with E-state index in [1.807, 2.05) is 24.3 Å². The van der Waals surface area contributed by atoms with Crippen LogP contribution in [0.5, 0.6) is 0 Å². The third-order valence-corrected chi connectivity index (χ3v) is 5.84. The fraction of sp³-hybridized carbons (Fsp3) is 0.417. The van der Waals surface area contributed by atoms with Crippen LogP contribution in [0, 0.1) is 5.92 Å². The van der Waals surface area contributed by atoms with E-state index < -0.39 is 0 Å². The Bertz CT molecular complexity index is 883. The van der Waals surface area contributed by atoms with Gasteiger partial charge in [-0.15, -0.1) is 0 Å². The van der Waals surface area contributed by atoms with E-state index >= 15 is 0 Å². The summed E-state index contributed by atoms with van der Waals surface area (Å²) in [4.78, 5) is 25.1. The zero-order chi connectivity index (χ0) is 20.4. The summed E-state index contributed by atoms with van der Waals surface area (Å²) in [5, 5.41) is 9.42. The van der Waals surface area contributed by atoms with Gasteiger partial charge >= 0.3 is 0 Å². The summed E-state index contributed by atoms with van der Waals surface area (Å²) in [7, 11) is 0. The van der Waals surface area contributed by atoms with E-state index in [1.54, 1.807) is 0 Å². The minimum absolute atomic E-state index is 0.0221.